The molecule has 1 saturated carbocycles. The number of benzene rings is 1. The Morgan fingerprint density at radius 2 is 2.00 bits per heavy atom. The minimum Gasteiger partial charge on any atom is -0.396 e. The van der Waals surface area contributed by atoms with Gasteiger partial charge < -0.3 is 10.3 Å². The summed E-state index contributed by atoms with van der Waals surface area (Å²) < 4.78 is 5.36. The first kappa shape index (κ1) is 14.7. The third-order valence-corrected chi connectivity index (χ3v) is 4.88. The Kier molecular flexibility index (Phi) is 4.09. The van der Waals surface area contributed by atoms with E-state index in [2.05, 4.69) is 17.1 Å². The highest BCUT2D eigenvalue weighted by Gasteiger charge is 2.28. The number of halogens is 2. The SMILES string of the molecule is CCC1CCC(c2noc(-c3cc(Cl)c(N)c(Cl)c3)n2)C1. The summed E-state index contributed by atoms with van der Waals surface area (Å²) in [4.78, 5) is 4.51. The maximum atomic E-state index is 6.04. The van der Waals surface area contributed by atoms with E-state index >= 15 is 0 Å². The van der Waals surface area contributed by atoms with Gasteiger partial charge in [0.1, 0.15) is 0 Å². The molecule has 0 aliphatic heterocycles. The monoisotopic (exact) mass is 325 g/mol. The van der Waals surface area contributed by atoms with Gasteiger partial charge in [-0.15, -0.1) is 0 Å². The summed E-state index contributed by atoms with van der Waals surface area (Å²) in [7, 11) is 0. The predicted octanol–water partition coefficient (Wildman–Crippen LogP) is 4.92. The molecule has 2 atom stereocenters. The Morgan fingerprint density at radius 1 is 1.29 bits per heavy atom. The van der Waals surface area contributed by atoms with Crippen LogP contribution >= 0.6 is 23.2 Å². The topological polar surface area (TPSA) is 64.9 Å². The molecule has 2 aromatic rings. The molecule has 0 bridgehead atoms. The van der Waals surface area contributed by atoms with Gasteiger partial charge in [-0.05, 0) is 37.3 Å². The van der Waals surface area contributed by atoms with E-state index in [1.807, 2.05) is 0 Å². The van der Waals surface area contributed by atoms with Gasteiger partial charge in [-0.2, -0.15) is 4.98 Å². The van der Waals surface area contributed by atoms with Gasteiger partial charge in [0, 0.05) is 11.5 Å². The van der Waals surface area contributed by atoms with Gasteiger partial charge >= 0.3 is 0 Å². The smallest absolute Gasteiger partial charge is 0.258 e. The molecule has 21 heavy (non-hydrogen) atoms. The lowest BCUT2D eigenvalue weighted by molar-refractivity contribution is 0.413. The molecular weight excluding hydrogens is 309 g/mol. The van der Waals surface area contributed by atoms with Gasteiger partial charge in [0.05, 0.1) is 15.7 Å². The number of hydrogen-bond donors (Lipinski definition) is 1. The van der Waals surface area contributed by atoms with Crippen LogP contribution in [0.25, 0.3) is 11.5 Å². The zero-order valence-electron chi connectivity index (χ0n) is 11.8. The molecule has 1 aromatic heterocycles. The summed E-state index contributed by atoms with van der Waals surface area (Å²) in [6.07, 6.45) is 4.72. The van der Waals surface area contributed by atoms with E-state index in [9.17, 15) is 0 Å². The van der Waals surface area contributed by atoms with Gasteiger partial charge in [0.15, 0.2) is 5.82 Å². The van der Waals surface area contributed by atoms with Gasteiger partial charge in [-0.25, -0.2) is 0 Å². The summed E-state index contributed by atoms with van der Waals surface area (Å²) >= 11 is 12.1. The predicted molar refractivity (Wildman–Crippen MR) is 84.5 cm³/mol. The number of nitrogens with zero attached hydrogens (tertiary/aromatic N) is 2. The van der Waals surface area contributed by atoms with Crippen molar-refractivity contribution >= 4 is 28.9 Å². The number of aromatic nitrogens is 2. The van der Waals surface area contributed by atoms with E-state index in [1.165, 1.54) is 12.8 Å². The zero-order chi connectivity index (χ0) is 15.0. The fourth-order valence-electron chi connectivity index (χ4n) is 2.91. The third-order valence-electron chi connectivity index (χ3n) is 4.25. The lowest BCUT2D eigenvalue weighted by atomic mass is 10.0. The van der Waals surface area contributed by atoms with Crippen LogP contribution in [0, 0.1) is 5.92 Å². The van der Waals surface area contributed by atoms with Crippen LogP contribution < -0.4 is 5.73 Å². The highest BCUT2D eigenvalue weighted by Crippen LogP contribution is 2.39. The Morgan fingerprint density at radius 3 is 2.62 bits per heavy atom. The van der Waals surface area contributed by atoms with E-state index in [0.29, 0.717) is 33.1 Å². The number of nitrogens with two attached hydrogens (primary N) is 1. The molecule has 2 N–H and O–H groups in total. The minimum absolute atomic E-state index is 0.364. The molecule has 1 aliphatic rings. The second-order valence-corrected chi connectivity index (χ2v) is 6.41. The molecule has 1 heterocycles. The zero-order valence-corrected chi connectivity index (χ0v) is 13.3. The first-order valence-electron chi connectivity index (χ1n) is 7.17. The molecule has 1 aromatic carbocycles. The highest BCUT2D eigenvalue weighted by molar-refractivity contribution is 6.39. The molecule has 2 unspecified atom stereocenters. The van der Waals surface area contributed by atoms with Crippen molar-refractivity contribution in [2.75, 3.05) is 5.73 Å². The molecule has 0 spiro atoms. The molecular formula is C15H17Cl2N3O. The van der Waals surface area contributed by atoms with Crippen molar-refractivity contribution in [3.63, 3.8) is 0 Å². The largest absolute Gasteiger partial charge is 0.396 e. The second kappa shape index (κ2) is 5.85. The van der Waals surface area contributed by atoms with Crippen LogP contribution in [0.5, 0.6) is 0 Å². The fourth-order valence-corrected chi connectivity index (χ4v) is 3.39. The maximum absolute atomic E-state index is 6.04. The molecule has 112 valence electrons. The molecule has 0 amide bonds. The Bertz CT molecular complexity index is 633. The van der Waals surface area contributed by atoms with E-state index in [-0.39, 0.29) is 0 Å². The normalized spacial score (nSPS) is 21.9. The molecule has 6 heteroatoms. The van der Waals surface area contributed by atoms with Crippen LogP contribution in [0.1, 0.15) is 44.3 Å². The number of hydrogen-bond acceptors (Lipinski definition) is 4. The van der Waals surface area contributed by atoms with Crippen LogP contribution in [0.2, 0.25) is 10.0 Å². The minimum atomic E-state index is 0.364. The average molecular weight is 326 g/mol. The number of anilines is 1. The van der Waals surface area contributed by atoms with E-state index < -0.39 is 0 Å². The van der Waals surface area contributed by atoms with Crippen LogP contribution in [-0.2, 0) is 0 Å². The van der Waals surface area contributed by atoms with Gasteiger partial charge in [0.25, 0.3) is 5.89 Å². The van der Waals surface area contributed by atoms with Crippen molar-refractivity contribution in [3.8, 4) is 11.5 Å². The van der Waals surface area contributed by atoms with Crippen molar-refractivity contribution in [2.24, 2.45) is 5.92 Å². The number of nitrogen functional groups attached to an aromatic ring is 1. The van der Waals surface area contributed by atoms with E-state index in [4.69, 9.17) is 33.5 Å². The quantitative estimate of drug-likeness (QED) is 0.813. The first-order valence-corrected chi connectivity index (χ1v) is 7.92. The second-order valence-electron chi connectivity index (χ2n) is 5.60. The van der Waals surface area contributed by atoms with Crippen LogP contribution in [0.15, 0.2) is 16.7 Å². The summed E-state index contributed by atoms with van der Waals surface area (Å²) in [6.45, 7) is 2.23. The molecule has 3 rings (SSSR count). The Hall–Kier alpha value is -1.26. The van der Waals surface area contributed by atoms with Crippen molar-refractivity contribution in [1.82, 2.24) is 10.1 Å². The highest BCUT2D eigenvalue weighted by atomic mass is 35.5. The van der Waals surface area contributed by atoms with Gasteiger partial charge in [-0.3, -0.25) is 0 Å². The van der Waals surface area contributed by atoms with Crippen LogP contribution in [0.4, 0.5) is 5.69 Å². The lowest BCUT2D eigenvalue weighted by Crippen LogP contribution is -1.97. The van der Waals surface area contributed by atoms with Crippen molar-refractivity contribution in [2.45, 2.75) is 38.5 Å². The van der Waals surface area contributed by atoms with Crippen LogP contribution in [0.3, 0.4) is 0 Å². The standard InChI is InChI=1S/C15H17Cl2N3O/c1-2-8-3-4-9(5-8)14-19-15(21-20-14)10-6-11(16)13(18)12(17)7-10/h6-9H,2-5,18H2,1H3. The maximum Gasteiger partial charge on any atom is 0.258 e. The average Bonchev–Trinajstić information content (AvgIpc) is 3.12. The first-order chi connectivity index (χ1) is 10.1. The van der Waals surface area contributed by atoms with Crippen LogP contribution in [-0.4, -0.2) is 10.1 Å². The summed E-state index contributed by atoms with van der Waals surface area (Å²) in [5.74, 6) is 2.39. The summed E-state index contributed by atoms with van der Waals surface area (Å²) in [6, 6.07) is 3.40. The van der Waals surface area contributed by atoms with Crippen molar-refractivity contribution in [3.05, 3.63) is 28.0 Å². The van der Waals surface area contributed by atoms with Gasteiger partial charge in [-0.1, -0.05) is 41.7 Å². The lowest BCUT2D eigenvalue weighted by Gasteiger charge is -2.04. The van der Waals surface area contributed by atoms with E-state index in [0.717, 1.165) is 24.6 Å². The number of rotatable bonds is 3. The summed E-state index contributed by atoms with van der Waals surface area (Å²) in [5, 5.41) is 4.91. The molecule has 4 nitrogen and oxygen atoms in total. The molecule has 1 fully saturated rings. The van der Waals surface area contributed by atoms with Crippen molar-refractivity contribution in [1.29, 1.82) is 0 Å². The molecule has 0 saturated heterocycles. The Labute approximate surface area is 133 Å². The molecule has 1 aliphatic carbocycles. The summed E-state index contributed by atoms with van der Waals surface area (Å²) in [5.41, 5.74) is 6.80. The Balaban J connectivity index is 1.85. The third kappa shape index (κ3) is 2.87. The van der Waals surface area contributed by atoms with E-state index in [1.54, 1.807) is 12.1 Å². The van der Waals surface area contributed by atoms with Gasteiger partial charge in [0.2, 0.25) is 0 Å². The fraction of sp³-hybridized carbons (Fsp3) is 0.467. The van der Waals surface area contributed by atoms with Crippen molar-refractivity contribution < 1.29 is 4.52 Å². The molecule has 0 radical (unpaired) electrons.